The third-order valence-electron chi connectivity index (χ3n) is 2.38. The summed E-state index contributed by atoms with van der Waals surface area (Å²) in [6.45, 7) is 0.258. The minimum Gasteiger partial charge on any atom is -0.493 e. The van der Waals surface area contributed by atoms with Gasteiger partial charge in [0.15, 0.2) is 18.1 Å². The van der Waals surface area contributed by atoms with E-state index in [-0.39, 0.29) is 12.5 Å². The number of nitrogens with one attached hydrogen (secondary N) is 1. The van der Waals surface area contributed by atoms with Crippen molar-refractivity contribution >= 4 is 5.91 Å². The van der Waals surface area contributed by atoms with Crippen LogP contribution < -0.4 is 25.3 Å². The fourth-order valence-electron chi connectivity index (χ4n) is 1.40. The summed E-state index contributed by atoms with van der Waals surface area (Å²) in [5.74, 6) is 1.13. The minimum atomic E-state index is -0.234. The molecule has 1 rings (SSSR count). The van der Waals surface area contributed by atoms with Gasteiger partial charge in [0.25, 0.3) is 5.91 Å². The van der Waals surface area contributed by atoms with E-state index in [2.05, 4.69) is 5.32 Å². The van der Waals surface area contributed by atoms with Crippen LogP contribution in [0.4, 0.5) is 0 Å². The molecule has 0 unspecified atom stereocenters. The lowest BCUT2D eigenvalue weighted by atomic mass is 10.2. The zero-order valence-electron chi connectivity index (χ0n) is 10.8. The van der Waals surface area contributed by atoms with E-state index >= 15 is 0 Å². The highest BCUT2D eigenvalue weighted by Gasteiger charge is 2.14. The molecule has 0 bridgehead atoms. The Labute approximate surface area is 106 Å². The zero-order chi connectivity index (χ0) is 13.5. The van der Waals surface area contributed by atoms with E-state index in [9.17, 15) is 4.79 Å². The van der Waals surface area contributed by atoms with Gasteiger partial charge < -0.3 is 25.3 Å². The number of nitrogens with two attached hydrogens (primary N) is 1. The second-order valence-corrected chi connectivity index (χ2v) is 3.50. The van der Waals surface area contributed by atoms with Gasteiger partial charge in [0.1, 0.15) is 0 Å². The lowest BCUT2D eigenvalue weighted by molar-refractivity contribution is -0.122. The van der Waals surface area contributed by atoms with Gasteiger partial charge in [-0.3, -0.25) is 4.79 Å². The molecule has 0 spiro atoms. The molecule has 0 fully saturated rings. The van der Waals surface area contributed by atoms with Crippen molar-refractivity contribution in [1.82, 2.24) is 5.32 Å². The summed E-state index contributed by atoms with van der Waals surface area (Å²) < 4.78 is 15.8. The predicted octanol–water partition coefficient (Wildman–Crippen LogP) is 0.287. The van der Waals surface area contributed by atoms with E-state index in [1.165, 1.54) is 21.3 Å². The fourth-order valence-corrected chi connectivity index (χ4v) is 1.40. The second-order valence-electron chi connectivity index (χ2n) is 3.50. The average Bonchev–Trinajstić information content (AvgIpc) is 2.43. The van der Waals surface area contributed by atoms with Crippen LogP contribution in [0.3, 0.4) is 0 Å². The van der Waals surface area contributed by atoms with Crippen molar-refractivity contribution in [2.24, 2.45) is 5.73 Å². The number of likely N-dealkylation sites (N-methyl/N-ethyl adjacent to an activating group) is 1. The molecule has 0 aliphatic heterocycles. The van der Waals surface area contributed by atoms with Crippen LogP contribution in [0, 0.1) is 0 Å². The first-order chi connectivity index (χ1) is 8.65. The van der Waals surface area contributed by atoms with Crippen molar-refractivity contribution in [1.29, 1.82) is 0 Å². The molecule has 0 heterocycles. The second kappa shape index (κ2) is 6.70. The highest BCUT2D eigenvalue weighted by molar-refractivity contribution is 5.77. The van der Waals surface area contributed by atoms with Gasteiger partial charge >= 0.3 is 0 Å². The number of methoxy groups -OCH3 is 2. The Morgan fingerprint density at radius 2 is 1.83 bits per heavy atom. The number of ether oxygens (including phenoxy) is 3. The Kier molecular flexibility index (Phi) is 5.26. The normalized spacial score (nSPS) is 9.78. The molecule has 0 saturated heterocycles. The number of hydrogen-bond acceptors (Lipinski definition) is 5. The van der Waals surface area contributed by atoms with E-state index in [4.69, 9.17) is 19.9 Å². The smallest absolute Gasteiger partial charge is 0.257 e. The van der Waals surface area contributed by atoms with Crippen molar-refractivity contribution in [3.05, 3.63) is 17.7 Å². The molecule has 1 aromatic rings. The van der Waals surface area contributed by atoms with E-state index in [0.717, 1.165) is 5.56 Å². The Morgan fingerprint density at radius 3 is 2.22 bits per heavy atom. The molecule has 0 saturated carbocycles. The minimum absolute atomic E-state index is 0.106. The lowest BCUT2D eigenvalue weighted by Crippen LogP contribution is -2.25. The standard InChI is InChI=1S/C12H18N2O4/c1-14-11(15)7-18-12-9(16-2)4-8(6-13)5-10(12)17-3/h4-5H,6-7,13H2,1-3H3,(H,14,15). The maximum absolute atomic E-state index is 11.2. The van der Waals surface area contributed by atoms with Crippen molar-refractivity contribution in [2.75, 3.05) is 27.9 Å². The molecule has 0 radical (unpaired) electrons. The van der Waals surface area contributed by atoms with Crippen LogP contribution in [0.5, 0.6) is 17.2 Å². The first-order valence-corrected chi connectivity index (χ1v) is 5.44. The third kappa shape index (κ3) is 3.27. The molecule has 0 aliphatic carbocycles. The van der Waals surface area contributed by atoms with Crippen LogP contribution in [0.15, 0.2) is 12.1 Å². The van der Waals surface area contributed by atoms with Crippen molar-refractivity contribution in [3.63, 3.8) is 0 Å². The maximum Gasteiger partial charge on any atom is 0.257 e. The average molecular weight is 254 g/mol. The molecule has 18 heavy (non-hydrogen) atoms. The zero-order valence-corrected chi connectivity index (χ0v) is 10.8. The van der Waals surface area contributed by atoms with Crippen LogP contribution in [0.1, 0.15) is 5.56 Å². The van der Waals surface area contributed by atoms with Crippen LogP contribution >= 0.6 is 0 Å². The summed E-state index contributed by atoms with van der Waals surface area (Å²) in [5, 5.41) is 2.47. The Hall–Kier alpha value is -1.95. The number of benzene rings is 1. The van der Waals surface area contributed by atoms with Crippen molar-refractivity contribution in [3.8, 4) is 17.2 Å². The Bertz CT molecular complexity index is 396. The van der Waals surface area contributed by atoms with E-state index in [1.807, 2.05) is 0 Å². The van der Waals surface area contributed by atoms with Gasteiger partial charge in [-0.15, -0.1) is 0 Å². The van der Waals surface area contributed by atoms with Crippen LogP contribution in [0.2, 0.25) is 0 Å². The van der Waals surface area contributed by atoms with Gasteiger partial charge in [-0.2, -0.15) is 0 Å². The monoisotopic (exact) mass is 254 g/mol. The molecule has 0 atom stereocenters. The number of carbonyl (C=O) groups excluding carboxylic acids is 1. The fraction of sp³-hybridized carbons (Fsp3) is 0.417. The number of amides is 1. The van der Waals surface area contributed by atoms with Gasteiger partial charge in [0, 0.05) is 13.6 Å². The predicted molar refractivity (Wildman–Crippen MR) is 67.0 cm³/mol. The summed E-state index contributed by atoms with van der Waals surface area (Å²) in [4.78, 5) is 11.2. The Balaban J connectivity index is 3.03. The van der Waals surface area contributed by atoms with Crippen molar-refractivity contribution in [2.45, 2.75) is 6.54 Å². The molecule has 0 aliphatic rings. The van der Waals surface area contributed by atoms with Gasteiger partial charge in [0.2, 0.25) is 5.75 Å². The molecule has 3 N–H and O–H groups in total. The van der Waals surface area contributed by atoms with Crippen molar-refractivity contribution < 1.29 is 19.0 Å². The van der Waals surface area contributed by atoms with E-state index in [1.54, 1.807) is 12.1 Å². The molecule has 100 valence electrons. The summed E-state index contributed by atoms with van der Waals surface area (Å²) in [5.41, 5.74) is 6.43. The highest BCUT2D eigenvalue weighted by Crippen LogP contribution is 2.38. The lowest BCUT2D eigenvalue weighted by Gasteiger charge is -2.15. The van der Waals surface area contributed by atoms with E-state index < -0.39 is 0 Å². The molecule has 0 aromatic heterocycles. The first kappa shape index (κ1) is 14.1. The topological polar surface area (TPSA) is 82.8 Å². The molecular weight excluding hydrogens is 236 g/mol. The molecule has 6 nitrogen and oxygen atoms in total. The van der Waals surface area contributed by atoms with Crippen LogP contribution in [0.25, 0.3) is 0 Å². The summed E-state index contributed by atoms with van der Waals surface area (Å²) in [6.07, 6.45) is 0. The highest BCUT2D eigenvalue weighted by atomic mass is 16.5. The summed E-state index contributed by atoms with van der Waals surface area (Å²) in [7, 11) is 4.57. The number of rotatable bonds is 6. The van der Waals surface area contributed by atoms with E-state index in [0.29, 0.717) is 23.8 Å². The quantitative estimate of drug-likeness (QED) is 0.762. The van der Waals surface area contributed by atoms with Gasteiger partial charge in [-0.25, -0.2) is 0 Å². The van der Waals surface area contributed by atoms with Gasteiger partial charge in [0.05, 0.1) is 14.2 Å². The third-order valence-corrected chi connectivity index (χ3v) is 2.38. The van der Waals surface area contributed by atoms with Gasteiger partial charge in [-0.05, 0) is 17.7 Å². The summed E-state index contributed by atoms with van der Waals surface area (Å²) in [6, 6.07) is 3.50. The first-order valence-electron chi connectivity index (χ1n) is 5.44. The molecule has 6 heteroatoms. The number of carbonyl (C=O) groups is 1. The largest absolute Gasteiger partial charge is 0.493 e. The summed E-state index contributed by atoms with van der Waals surface area (Å²) >= 11 is 0. The van der Waals surface area contributed by atoms with Gasteiger partial charge in [-0.1, -0.05) is 0 Å². The molecule has 1 aromatic carbocycles. The molecule has 1 amide bonds. The Morgan fingerprint density at radius 1 is 1.28 bits per heavy atom. The van der Waals surface area contributed by atoms with Crippen LogP contribution in [-0.2, 0) is 11.3 Å². The van der Waals surface area contributed by atoms with Crippen LogP contribution in [-0.4, -0.2) is 33.8 Å². The molecular formula is C12H18N2O4. The number of hydrogen-bond donors (Lipinski definition) is 2. The SMILES string of the molecule is CNC(=O)COc1c(OC)cc(CN)cc1OC. The maximum atomic E-state index is 11.2.